The normalized spacial score (nSPS) is 21.8. The van der Waals surface area contributed by atoms with Gasteiger partial charge in [-0.05, 0) is 35.9 Å². The molecule has 1 N–H and O–H groups in total. The van der Waals surface area contributed by atoms with Crippen molar-refractivity contribution >= 4 is 5.70 Å². The number of hydrogen-bond acceptors (Lipinski definition) is 6. The molecule has 126 valence electrons. The molecule has 0 radical (unpaired) electrons. The highest BCUT2D eigenvalue weighted by atomic mass is 16.7. The molecule has 1 fully saturated rings. The first-order valence-electron chi connectivity index (χ1n) is 8.01. The summed E-state index contributed by atoms with van der Waals surface area (Å²) in [6.45, 7) is 5.84. The average molecular weight is 320 g/mol. The molecule has 1 atom stereocenters. The van der Waals surface area contributed by atoms with Crippen LogP contribution in [0.3, 0.4) is 0 Å². The van der Waals surface area contributed by atoms with E-state index in [4.69, 9.17) is 19.0 Å². The molecule has 1 unspecified atom stereocenters. The lowest BCUT2D eigenvalue weighted by atomic mass is 10.1. The second-order valence-corrected chi connectivity index (χ2v) is 5.60. The molecule has 1 aromatic carbocycles. The van der Waals surface area contributed by atoms with E-state index in [0.29, 0.717) is 13.2 Å². The molecule has 1 aromatic rings. The molecule has 0 spiro atoms. The number of hydrogen-bond donors (Lipinski definition) is 1. The molecule has 0 saturated carbocycles. The minimum atomic E-state index is -0.0585. The van der Waals surface area contributed by atoms with Gasteiger partial charge in [0.15, 0.2) is 0 Å². The van der Waals surface area contributed by atoms with Crippen molar-refractivity contribution in [1.29, 1.82) is 0 Å². The first-order valence-corrected chi connectivity index (χ1v) is 8.01. The van der Waals surface area contributed by atoms with Crippen molar-refractivity contribution in [1.82, 2.24) is 10.4 Å². The Bertz CT molecular complexity index is 512. The maximum atomic E-state index is 5.73. The monoisotopic (exact) mass is 320 g/mol. The molecule has 0 amide bonds. The number of hydroxylamine groups is 1. The van der Waals surface area contributed by atoms with Crippen molar-refractivity contribution < 1.29 is 19.0 Å². The van der Waals surface area contributed by atoms with E-state index in [2.05, 4.69) is 16.5 Å². The third-order valence-corrected chi connectivity index (χ3v) is 4.01. The van der Waals surface area contributed by atoms with Gasteiger partial charge in [0, 0.05) is 19.6 Å². The second kappa shape index (κ2) is 8.31. The molecule has 2 heterocycles. The predicted molar refractivity (Wildman–Crippen MR) is 87.1 cm³/mol. The van der Waals surface area contributed by atoms with Crippen LogP contribution in [0.2, 0.25) is 0 Å². The fourth-order valence-corrected chi connectivity index (χ4v) is 2.62. The van der Waals surface area contributed by atoms with Gasteiger partial charge in [-0.15, -0.1) is 0 Å². The molecule has 0 aliphatic carbocycles. The molecule has 0 bridgehead atoms. The summed E-state index contributed by atoms with van der Waals surface area (Å²) < 4.78 is 16.2. The summed E-state index contributed by atoms with van der Waals surface area (Å²) in [4.78, 5) is 7.89. The fourth-order valence-electron chi connectivity index (χ4n) is 2.62. The summed E-state index contributed by atoms with van der Waals surface area (Å²) >= 11 is 0. The Morgan fingerprint density at radius 3 is 2.74 bits per heavy atom. The minimum absolute atomic E-state index is 0.0585. The van der Waals surface area contributed by atoms with E-state index in [1.165, 1.54) is 0 Å². The maximum Gasteiger partial charge on any atom is 0.129 e. The zero-order valence-electron chi connectivity index (χ0n) is 13.5. The minimum Gasteiger partial charge on any atom is -0.497 e. The van der Waals surface area contributed by atoms with Gasteiger partial charge in [-0.25, -0.2) is 0 Å². The van der Waals surface area contributed by atoms with Crippen molar-refractivity contribution in [3.8, 4) is 5.75 Å². The molecule has 6 nitrogen and oxygen atoms in total. The van der Waals surface area contributed by atoms with Gasteiger partial charge in [-0.3, -0.25) is 15.2 Å². The fraction of sp³-hybridized carbons (Fsp3) is 0.529. The number of benzene rings is 1. The number of ether oxygens (including phenoxy) is 3. The Kier molecular flexibility index (Phi) is 5.87. The van der Waals surface area contributed by atoms with Crippen LogP contribution in [-0.2, 0) is 14.3 Å². The molecule has 6 heteroatoms. The summed E-state index contributed by atoms with van der Waals surface area (Å²) in [6.07, 6.45) is 1.99. The van der Waals surface area contributed by atoms with Gasteiger partial charge in [-0.1, -0.05) is 0 Å². The van der Waals surface area contributed by atoms with E-state index in [1.807, 2.05) is 24.3 Å². The lowest BCUT2D eigenvalue weighted by molar-refractivity contribution is -0.0222. The highest BCUT2D eigenvalue weighted by Crippen LogP contribution is 2.21. The summed E-state index contributed by atoms with van der Waals surface area (Å²) in [6, 6.07) is 7.87. The third-order valence-electron chi connectivity index (χ3n) is 4.01. The van der Waals surface area contributed by atoms with Crippen molar-refractivity contribution in [2.45, 2.75) is 6.10 Å². The Labute approximate surface area is 136 Å². The topological polar surface area (TPSA) is 52.2 Å². The molecule has 0 aromatic heterocycles. The molecule has 1 saturated heterocycles. The van der Waals surface area contributed by atoms with Crippen LogP contribution in [0.4, 0.5) is 0 Å². The van der Waals surface area contributed by atoms with E-state index in [-0.39, 0.29) is 6.10 Å². The Morgan fingerprint density at radius 2 is 2.00 bits per heavy atom. The largest absolute Gasteiger partial charge is 0.497 e. The van der Waals surface area contributed by atoms with Crippen LogP contribution in [0, 0.1) is 0 Å². The smallest absolute Gasteiger partial charge is 0.129 e. The van der Waals surface area contributed by atoms with E-state index in [0.717, 1.165) is 49.9 Å². The maximum absolute atomic E-state index is 5.73. The average Bonchev–Trinajstić information content (AvgIpc) is 3.09. The summed E-state index contributed by atoms with van der Waals surface area (Å²) in [5, 5.41) is 0. The molecule has 23 heavy (non-hydrogen) atoms. The van der Waals surface area contributed by atoms with Crippen molar-refractivity contribution in [2.24, 2.45) is 0 Å². The zero-order valence-corrected chi connectivity index (χ0v) is 13.5. The van der Waals surface area contributed by atoms with Gasteiger partial charge >= 0.3 is 0 Å². The number of morpholine rings is 1. The van der Waals surface area contributed by atoms with Gasteiger partial charge < -0.3 is 14.2 Å². The first-order chi connectivity index (χ1) is 11.3. The molecule has 2 aliphatic rings. The standard InChI is InChI=1S/C17H24N2O4/c1-20-15-4-2-14(3-5-15)17-12-16(23-18-17)13-22-11-8-19-6-9-21-10-7-19/h2-5,12,16,18H,6-11,13H2,1H3. The van der Waals surface area contributed by atoms with E-state index >= 15 is 0 Å². The molecular formula is C17H24N2O4. The van der Waals surface area contributed by atoms with Crippen LogP contribution in [0.25, 0.3) is 5.70 Å². The third kappa shape index (κ3) is 4.68. The number of nitrogens with one attached hydrogen (secondary N) is 1. The number of nitrogens with zero attached hydrogens (tertiary/aromatic N) is 1. The van der Waals surface area contributed by atoms with Gasteiger partial charge in [0.05, 0.1) is 39.2 Å². The second-order valence-electron chi connectivity index (χ2n) is 5.60. The van der Waals surface area contributed by atoms with Crippen LogP contribution >= 0.6 is 0 Å². The molecule has 2 aliphatic heterocycles. The van der Waals surface area contributed by atoms with Gasteiger partial charge in [0.25, 0.3) is 0 Å². The highest BCUT2D eigenvalue weighted by Gasteiger charge is 2.18. The van der Waals surface area contributed by atoms with Crippen LogP contribution in [-0.4, -0.2) is 64.2 Å². The summed E-state index contributed by atoms with van der Waals surface area (Å²) in [5.74, 6) is 0.844. The van der Waals surface area contributed by atoms with Crippen LogP contribution in [0.15, 0.2) is 30.3 Å². The summed E-state index contributed by atoms with van der Waals surface area (Å²) in [7, 11) is 1.66. The lowest BCUT2D eigenvalue weighted by Crippen LogP contribution is -2.38. The summed E-state index contributed by atoms with van der Waals surface area (Å²) in [5.41, 5.74) is 5.00. The van der Waals surface area contributed by atoms with Crippen molar-refractivity contribution in [2.75, 3.05) is 53.2 Å². The molecular weight excluding hydrogens is 296 g/mol. The van der Waals surface area contributed by atoms with E-state index in [1.54, 1.807) is 7.11 Å². The van der Waals surface area contributed by atoms with Crippen molar-refractivity contribution in [3.05, 3.63) is 35.9 Å². The zero-order chi connectivity index (χ0) is 15.9. The Morgan fingerprint density at radius 1 is 1.22 bits per heavy atom. The Hall–Kier alpha value is -1.60. The van der Waals surface area contributed by atoms with E-state index < -0.39 is 0 Å². The van der Waals surface area contributed by atoms with E-state index in [9.17, 15) is 0 Å². The highest BCUT2D eigenvalue weighted by molar-refractivity contribution is 5.65. The Balaban J connectivity index is 1.40. The molecule has 3 rings (SSSR count). The predicted octanol–water partition coefficient (Wildman–Crippen LogP) is 1.29. The first kappa shape index (κ1) is 16.3. The van der Waals surface area contributed by atoms with Gasteiger partial charge in [0.2, 0.25) is 0 Å². The van der Waals surface area contributed by atoms with Crippen molar-refractivity contribution in [3.63, 3.8) is 0 Å². The van der Waals surface area contributed by atoms with Crippen LogP contribution in [0.1, 0.15) is 5.56 Å². The quantitative estimate of drug-likeness (QED) is 0.764. The SMILES string of the molecule is COc1ccc(C2=CC(COCCN3CCOCC3)ON2)cc1. The van der Waals surface area contributed by atoms with Gasteiger partial charge in [0.1, 0.15) is 11.9 Å². The lowest BCUT2D eigenvalue weighted by Gasteiger charge is -2.26. The van der Waals surface area contributed by atoms with Crippen LogP contribution < -0.4 is 10.2 Å². The van der Waals surface area contributed by atoms with Crippen LogP contribution in [0.5, 0.6) is 5.75 Å². The number of methoxy groups -OCH3 is 1. The van der Waals surface area contributed by atoms with Gasteiger partial charge in [-0.2, -0.15) is 0 Å². The number of rotatable bonds is 7.